The second-order valence-corrected chi connectivity index (χ2v) is 30.7. The first-order chi connectivity index (χ1) is 11.3. The molecule has 0 nitrogen and oxygen atoms in total. The van der Waals surface area contributed by atoms with Crippen molar-refractivity contribution in [1.82, 2.24) is 0 Å². The van der Waals surface area contributed by atoms with Gasteiger partial charge < -0.3 is 0 Å². The van der Waals surface area contributed by atoms with E-state index in [2.05, 4.69) is 13.0 Å². The fraction of sp³-hybridized carbons (Fsp3) is 0.579. The summed E-state index contributed by atoms with van der Waals surface area (Å²) >= 11 is -5.24. The number of hydrogen-bond acceptors (Lipinski definition) is 0. The molecule has 0 fully saturated rings. The molecular weight excluding hydrogens is 475 g/mol. The maximum Gasteiger partial charge on any atom is -0.147 e. The summed E-state index contributed by atoms with van der Waals surface area (Å²) in [4.78, 5) is 0. The molecule has 0 heterocycles. The molecule has 26 heavy (non-hydrogen) atoms. The summed E-state index contributed by atoms with van der Waals surface area (Å²) in [5.41, 5.74) is 1.13. The van der Waals surface area contributed by atoms with Crippen molar-refractivity contribution in [1.29, 1.82) is 0 Å². The third-order valence-corrected chi connectivity index (χ3v) is 32.0. The van der Waals surface area contributed by atoms with Gasteiger partial charge >= 0.3 is 147 Å². The molecule has 2 rings (SSSR count). The van der Waals surface area contributed by atoms with Gasteiger partial charge in [0.05, 0.1) is 0 Å². The fourth-order valence-electron chi connectivity index (χ4n) is 4.05. The van der Waals surface area contributed by atoms with Crippen LogP contribution in [0.5, 0.6) is 0 Å². The van der Waals surface area contributed by atoms with E-state index in [0.29, 0.717) is 23.4 Å². The van der Waals surface area contributed by atoms with Gasteiger partial charge in [-0.2, -0.15) is 0 Å². The molecule has 0 atom stereocenters. The minimum atomic E-state index is -5.24. The summed E-state index contributed by atoms with van der Waals surface area (Å²) in [6, 6.07) is 0. The Kier molecular flexibility index (Phi) is 10.4. The van der Waals surface area contributed by atoms with Crippen molar-refractivity contribution in [3.63, 3.8) is 0 Å². The summed E-state index contributed by atoms with van der Waals surface area (Å²) in [5, 5.41) is 0. The quantitative estimate of drug-likeness (QED) is 0.309. The molecule has 0 bridgehead atoms. The van der Waals surface area contributed by atoms with Gasteiger partial charge in [-0.25, -0.2) is 0 Å². The number of hydrogen-bond donors (Lipinski definition) is 0. The number of halogens is 5. The first kappa shape index (κ1) is 26.4. The van der Waals surface area contributed by atoms with Crippen LogP contribution in [-0.2, 0) is 17.4 Å². The molecule has 7 heteroatoms. The summed E-state index contributed by atoms with van der Waals surface area (Å²) in [6.45, 7) is 5.51. The van der Waals surface area contributed by atoms with Crippen molar-refractivity contribution < 1.29 is 30.6 Å². The molecule has 0 aromatic carbocycles. The van der Waals surface area contributed by atoms with Gasteiger partial charge in [0.2, 0.25) is 0 Å². The fourth-order valence-corrected chi connectivity index (χ4v) is 21.9. The van der Waals surface area contributed by atoms with Crippen molar-refractivity contribution in [3.05, 3.63) is 42.5 Å². The van der Waals surface area contributed by atoms with Crippen LogP contribution in [0, 0.1) is 0 Å². The van der Waals surface area contributed by atoms with Crippen molar-refractivity contribution in [3.8, 4) is 0 Å². The minimum Gasteiger partial charge on any atom is -0.147 e. The van der Waals surface area contributed by atoms with Gasteiger partial charge in [-0.05, 0) is 0 Å². The average molecular weight is 507 g/mol. The smallest absolute Gasteiger partial charge is 0.147 e. The van der Waals surface area contributed by atoms with Gasteiger partial charge in [0.15, 0.2) is 0 Å². The summed E-state index contributed by atoms with van der Waals surface area (Å²) in [5.74, 6) is 0. The molecule has 0 saturated carbocycles. The van der Waals surface area contributed by atoms with Gasteiger partial charge in [0, 0.05) is 0 Å². The average Bonchev–Trinajstić information content (AvgIpc) is 3.21. The van der Waals surface area contributed by atoms with Crippen LogP contribution in [0.4, 0.5) is 13.2 Å². The van der Waals surface area contributed by atoms with Crippen molar-refractivity contribution >= 4 is 31.7 Å². The van der Waals surface area contributed by atoms with Crippen LogP contribution in [0.1, 0.15) is 58.8 Å². The van der Waals surface area contributed by atoms with E-state index < -0.39 is 21.3 Å². The van der Waals surface area contributed by atoms with Crippen molar-refractivity contribution in [2.45, 2.75) is 66.8 Å². The Morgan fingerprint density at radius 3 is 2.19 bits per heavy atom. The molecular formula is C19H31Cl2F3SiZr. The molecule has 0 N–H and O–H groups in total. The largest absolute Gasteiger partial charge is 0.147 e. The Balaban J connectivity index is 0.00000312. The second-order valence-electron chi connectivity index (χ2n) is 7.37. The van der Waals surface area contributed by atoms with E-state index in [1.807, 2.05) is 25.2 Å². The molecule has 0 radical (unpaired) electrons. The van der Waals surface area contributed by atoms with Crippen molar-refractivity contribution in [2.24, 2.45) is 0 Å². The predicted octanol–water partition coefficient (Wildman–Crippen LogP) is 7.05. The Morgan fingerprint density at radius 1 is 1.04 bits per heavy atom. The second kappa shape index (κ2) is 10.3. The van der Waals surface area contributed by atoms with Crippen LogP contribution in [-0.4, -0.2) is 10.8 Å². The zero-order valence-corrected chi connectivity index (χ0v) is 21.2. The number of unbranched alkanes of at least 4 members (excludes halogenated alkanes) is 2. The molecule has 0 amide bonds. The number of rotatable bonds is 8. The zero-order chi connectivity index (χ0) is 17.9. The third kappa shape index (κ3) is 4.53. The molecule has 0 spiro atoms. The molecule has 0 aromatic heterocycles. The maximum absolute atomic E-state index is 14.7. The SMILES string of the molecule is CCCCC1=CC[C]([Zr](=[SiH2])([CH2]CCC)([C]2=CC=CC2)[C](F)(F)F)=C1.Cl.Cl. The molecule has 0 aliphatic heterocycles. The minimum absolute atomic E-state index is 0. The first-order valence-electron chi connectivity index (χ1n) is 9.14. The van der Waals surface area contributed by atoms with Crippen molar-refractivity contribution in [2.75, 3.05) is 0 Å². The van der Waals surface area contributed by atoms with E-state index in [1.54, 1.807) is 6.08 Å². The summed E-state index contributed by atoms with van der Waals surface area (Å²) in [7, 11) is 0. The van der Waals surface area contributed by atoms with Crippen LogP contribution < -0.4 is 0 Å². The summed E-state index contributed by atoms with van der Waals surface area (Å²) in [6.07, 6.45) is 15.1. The van der Waals surface area contributed by atoms with Crippen LogP contribution in [0.25, 0.3) is 0 Å². The molecule has 0 saturated heterocycles. The standard InChI is InChI=1S/C9H13.C5H5.C4H9.CF3.2ClH.H2Si.Zr/c1-2-3-6-9-7-4-5-8-9;1-2-4-5-3-1;1-3-4-2;2-1(3)4;;;;/h7-8H,2-4,6H2,1H3;1-3H,4H2;1,3-4H2,2H3;;2*1H;1H2;. The number of alkyl halides is 3. The van der Waals surface area contributed by atoms with E-state index in [-0.39, 0.29) is 24.8 Å². The molecule has 150 valence electrons. The zero-order valence-electron chi connectivity index (χ0n) is 15.7. The van der Waals surface area contributed by atoms with Gasteiger partial charge in [0.1, 0.15) is 0 Å². The number of allylic oxidation sites excluding steroid dienone is 8. The molecule has 0 aromatic rings. The Labute approximate surface area is 170 Å². The Morgan fingerprint density at radius 2 is 1.69 bits per heavy atom. The Bertz CT molecular complexity index is 675. The first-order valence-corrected chi connectivity index (χ1v) is 20.5. The molecule has 2 aliphatic rings. The summed E-state index contributed by atoms with van der Waals surface area (Å²) < 4.78 is 42.0. The maximum atomic E-state index is 14.7. The van der Waals surface area contributed by atoms with Crippen LogP contribution in [0.3, 0.4) is 0 Å². The van der Waals surface area contributed by atoms with E-state index in [4.69, 9.17) is 0 Å². The van der Waals surface area contributed by atoms with Crippen LogP contribution >= 0.6 is 24.8 Å². The van der Waals surface area contributed by atoms with Gasteiger partial charge in [0.25, 0.3) is 0 Å². The van der Waals surface area contributed by atoms with E-state index in [1.165, 1.54) is 6.88 Å². The van der Waals surface area contributed by atoms with Gasteiger partial charge in [-0.1, -0.05) is 0 Å². The van der Waals surface area contributed by atoms with E-state index in [9.17, 15) is 13.2 Å². The third-order valence-electron chi connectivity index (χ3n) is 5.85. The predicted molar refractivity (Wildman–Crippen MR) is 111 cm³/mol. The monoisotopic (exact) mass is 504 g/mol. The normalized spacial score (nSPS) is 17.2. The van der Waals surface area contributed by atoms with Gasteiger partial charge in [-0.3, -0.25) is 0 Å². The van der Waals surface area contributed by atoms with E-state index in [0.717, 1.165) is 37.8 Å². The molecule has 2 aliphatic carbocycles. The van der Waals surface area contributed by atoms with Gasteiger partial charge in [-0.15, -0.1) is 24.8 Å². The topological polar surface area (TPSA) is 0 Å². The van der Waals surface area contributed by atoms with Crippen LogP contribution in [0.15, 0.2) is 42.5 Å². The Hall–Kier alpha value is 0.430. The van der Waals surface area contributed by atoms with E-state index >= 15 is 0 Å². The molecule has 0 unspecified atom stereocenters. The van der Waals surface area contributed by atoms with Crippen LogP contribution in [0.2, 0.25) is 4.13 Å².